The molecule has 102 heavy (non-hydrogen) atoms. The number of phosphoric ester groups is 2. The van der Waals surface area contributed by atoms with Gasteiger partial charge in [0, 0.05) is 25.7 Å². The lowest BCUT2D eigenvalue weighted by Gasteiger charge is -2.21. The minimum Gasteiger partial charge on any atom is -0.462 e. The lowest BCUT2D eigenvalue weighted by atomic mass is 10.0. The maximum absolute atomic E-state index is 13.1. The number of carbonyl (C=O) groups is 4. The predicted molar refractivity (Wildman–Crippen MR) is 418 cm³/mol. The summed E-state index contributed by atoms with van der Waals surface area (Å²) in [5.74, 6) is -2.19. The first-order valence-electron chi connectivity index (χ1n) is 40.8. The smallest absolute Gasteiger partial charge is 0.462 e. The monoisotopic (exact) mass is 1480 g/mol. The second-order valence-electron chi connectivity index (χ2n) is 27.3. The molecule has 592 valence electrons. The highest BCUT2D eigenvalue weighted by Gasteiger charge is 2.30. The van der Waals surface area contributed by atoms with Gasteiger partial charge in [0.1, 0.15) is 19.3 Å². The van der Waals surface area contributed by atoms with Gasteiger partial charge in [-0.2, -0.15) is 0 Å². The highest BCUT2D eigenvalue weighted by molar-refractivity contribution is 7.47. The number of ether oxygens (including phenoxy) is 4. The second-order valence-corrected chi connectivity index (χ2v) is 30.2. The van der Waals surface area contributed by atoms with Crippen molar-refractivity contribution >= 4 is 39.5 Å². The summed E-state index contributed by atoms with van der Waals surface area (Å²) in [4.78, 5) is 73.0. The van der Waals surface area contributed by atoms with E-state index in [4.69, 9.17) is 37.0 Å². The van der Waals surface area contributed by atoms with Crippen LogP contribution in [0.15, 0.2) is 85.1 Å². The molecule has 0 aliphatic carbocycles. The van der Waals surface area contributed by atoms with Crippen molar-refractivity contribution in [2.45, 2.75) is 380 Å². The molecule has 0 aliphatic rings. The van der Waals surface area contributed by atoms with E-state index in [1.54, 1.807) is 0 Å². The van der Waals surface area contributed by atoms with Gasteiger partial charge in [-0.05, 0) is 122 Å². The highest BCUT2D eigenvalue weighted by Crippen LogP contribution is 2.45. The van der Waals surface area contributed by atoms with E-state index in [-0.39, 0.29) is 25.7 Å². The zero-order valence-electron chi connectivity index (χ0n) is 64.8. The van der Waals surface area contributed by atoms with Crippen LogP contribution in [0.4, 0.5) is 0 Å². The summed E-state index contributed by atoms with van der Waals surface area (Å²) in [5.41, 5.74) is 0. The number of rotatable bonds is 77. The van der Waals surface area contributed by atoms with Crippen LogP contribution in [0.5, 0.6) is 0 Å². The van der Waals surface area contributed by atoms with Crippen LogP contribution in [0, 0.1) is 0 Å². The van der Waals surface area contributed by atoms with Gasteiger partial charge in [0.25, 0.3) is 0 Å². The largest absolute Gasteiger partial charge is 0.472 e. The molecule has 0 bridgehead atoms. The number of unbranched alkanes of at least 4 members (excludes halogenated alkanes) is 37. The van der Waals surface area contributed by atoms with Crippen LogP contribution in [0.25, 0.3) is 0 Å². The van der Waals surface area contributed by atoms with Gasteiger partial charge in [0.05, 0.1) is 26.4 Å². The number of hydrogen-bond acceptors (Lipinski definition) is 15. The maximum Gasteiger partial charge on any atom is 0.472 e. The Hall–Kier alpha value is -3.76. The summed E-state index contributed by atoms with van der Waals surface area (Å²) in [6.45, 7) is 4.74. The summed E-state index contributed by atoms with van der Waals surface area (Å²) in [5, 5.41) is 10.6. The van der Waals surface area contributed by atoms with E-state index < -0.39 is 97.5 Å². The minimum atomic E-state index is -4.98. The Bertz CT molecular complexity index is 2260. The molecule has 0 heterocycles. The van der Waals surface area contributed by atoms with Crippen LogP contribution in [0.3, 0.4) is 0 Å². The molecule has 0 saturated carbocycles. The lowest BCUT2D eigenvalue weighted by molar-refractivity contribution is -0.161. The molecule has 0 radical (unpaired) electrons. The van der Waals surface area contributed by atoms with E-state index in [2.05, 4.69) is 113 Å². The fourth-order valence-corrected chi connectivity index (χ4v) is 12.7. The third-order valence-electron chi connectivity index (χ3n) is 17.3. The van der Waals surface area contributed by atoms with Gasteiger partial charge < -0.3 is 33.8 Å². The molecule has 0 aromatic heterocycles. The molecule has 0 aromatic carbocycles. The normalized spacial score (nSPS) is 14.3. The Morgan fingerprint density at radius 3 is 0.824 bits per heavy atom. The summed E-state index contributed by atoms with van der Waals surface area (Å²) >= 11 is 0. The van der Waals surface area contributed by atoms with E-state index in [9.17, 15) is 43.2 Å². The van der Waals surface area contributed by atoms with Gasteiger partial charge in [-0.1, -0.05) is 299 Å². The molecule has 3 N–H and O–H groups in total. The van der Waals surface area contributed by atoms with Crippen LogP contribution in [-0.2, 0) is 65.4 Å². The Morgan fingerprint density at radius 2 is 0.510 bits per heavy atom. The zero-order chi connectivity index (χ0) is 74.6. The summed E-state index contributed by atoms with van der Waals surface area (Å²) in [6, 6.07) is 0. The van der Waals surface area contributed by atoms with Crippen LogP contribution < -0.4 is 0 Å². The van der Waals surface area contributed by atoms with Gasteiger partial charge in [-0.3, -0.25) is 37.3 Å². The van der Waals surface area contributed by atoms with Crippen molar-refractivity contribution in [3.05, 3.63) is 85.1 Å². The standard InChI is InChI=1S/C83H148O17P2/c1-5-9-13-17-21-25-29-33-36-37-38-39-42-45-48-52-56-60-64-68-81(86)94-74-79(100-83(88)70-66-62-58-54-50-46-41-35-31-27-23-19-15-11-7-3)76-98-102(91,92)96-72-77(84)71-95-101(89,90)97-75-78(99-82(87)69-65-61-57-53-49-43-32-28-24-20-16-12-8-4)73-93-80(85)67-63-59-55-51-47-44-40-34-30-26-22-18-14-10-6-2/h9,13,21,23,25,27-28,32-33,35-36,38-39,41,77-79,84H,5-8,10-12,14-20,22,24,26,29-31,34,37,40,42-76H2,1-4H3,(H,89,90)(H,91,92)/b13-9-,25-21-,27-23-,32-28-,36-33-,39-38-,41-35-. The van der Waals surface area contributed by atoms with E-state index in [0.29, 0.717) is 25.7 Å². The average Bonchev–Trinajstić information content (AvgIpc) is 0.924. The molecule has 17 nitrogen and oxygen atoms in total. The topological polar surface area (TPSA) is 237 Å². The first-order chi connectivity index (χ1) is 49.7. The Kier molecular flexibility index (Phi) is 72.7. The number of aliphatic hydroxyl groups excluding tert-OH is 1. The van der Waals surface area contributed by atoms with Crippen LogP contribution in [0.1, 0.15) is 362 Å². The first kappa shape index (κ1) is 98.2. The van der Waals surface area contributed by atoms with Gasteiger partial charge in [0.15, 0.2) is 12.2 Å². The second kappa shape index (κ2) is 75.5. The molecule has 0 aromatic rings. The van der Waals surface area contributed by atoms with Crippen LogP contribution >= 0.6 is 15.6 Å². The van der Waals surface area contributed by atoms with Crippen LogP contribution in [-0.4, -0.2) is 96.7 Å². The summed E-state index contributed by atoms with van der Waals surface area (Å²) < 4.78 is 68.6. The van der Waals surface area contributed by atoms with Crippen molar-refractivity contribution < 1.29 is 80.2 Å². The van der Waals surface area contributed by atoms with Gasteiger partial charge in [-0.25, -0.2) is 9.13 Å². The minimum absolute atomic E-state index is 0.0766. The Balaban J connectivity index is 5.34. The molecule has 5 unspecified atom stereocenters. The molecule has 5 atom stereocenters. The van der Waals surface area contributed by atoms with Gasteiger partial charge in [-0.15, -0.1) is 0 Å². The molecule has 0 fully saturated rings. The van der Waals surface area contributed by atoms with E-state index in [0.717, 1.165) is 167 Å². The molecule has 0 rings (SSSR count). The zero-order valence-corrected chi connectivity index (χ0v) is 66.6. The molecule has 0 aliphatic heterocycles. The number of aliphatic hydroxyl groups is 1. The van der Waals surface area contributed by atoms with Gasteiger partial charge in [0.2, 0.25) is 0 Å². The number of allylic oxidation sites excluding steroid dienone is 14. The molecular weight excluding hydrogens is 1330 g/mol. The van der Waals surface area contributed by atoms with Crippen molar-refractivity contribution in [3.63, 3.8) is 0 Å². The van der Waals surface area contributed by atoms with Crippen molar-refractivity contribution in [1.82, 2.24) is 0 Å². The van der Waals surface area contributed by atoms with E-state index in [1.807, 2.05) is 0 Å². The number of carbonyl (C=O) groups excluding carboxylic acids is 4. The fraction of sp³-hybridized carbons (Fsp3) is 0.783. The van der Waals surface area contributed by atoms with E-state index in [1.165, 1.54) is 116 Å². The first-order valence-corrected chi connectivity index (χ1v) is 43.8. The SMILES string of the molecule is CC/C=C\C/C=C\C/C=C\C/C=C\CCCCCCCCC(=O)OCC(COP(=O)(O)OCC(O)COP(=O)(O)OCC(COC(=O)CCCCCCCCCCCCCCCCC)OC(=O)CCCCCCC/C=C\CCCCCC)OC(=O)CCCCCCC/C=C\C/C=C\CCCCC. The average molecular weight is 1480 g/mol. The predicted octanol–water partition coefficient (Wildman–Crippen LogP) is 23.8. The number of esters is 4. The van der Waals surface area contributed by atoms with Crippen molar-refractivity contribution in [2.24, 2.45) is 0 Å². The summed E-state index contributed by atoms with van der Waals surface area (Å²) in [6.07, 6.45) is 78.4. The maximum atomic E-state index is 13.1. The fourth-order valence-electron chi connectivity index (χ4n) is 11.1. The lowest BCUT2D eigenvalue weighted by Crippen LogP contribution is -2.30. The number of phosphoric acid groups is 2. The van der Waals surface area contributed by atoms with Crippen LogP contribution in [0.2, 0.25) is 0 Å². The highest BCUT2D eigenvalue weighted by atomic mass is 31.2. The van der Waals surface area contributed by atoms with E-state index >= 15 is 0 Å². The third-order valence-corrected chi connectivity index (χ3v) is 19.2. The quantitative estimate of drug-likeness (QED) is 0.0169. The van der Waals surface area contributed by atoms with Crippen molar-refractivity contribution in [3.8, 4) is 0 Å². The van der Waals surface area contributed by atoms with Crippen molar-refractivity contribution in [2.75, 3.05) is 39.6 Å². The third kappa shape index (κ3) is 74.5. The van der Waals surface area contributed by atoms with Gasteiger partial charge >= 0.3 is 39.5 Å². The molecule has 19 heteroatoms. The molecular formula is C83H148O17P2. The Morgan fingerprint density at radius 1 is 0.284 bits per heavy atom. The molecule has 0 spiro atoms. The number of hydrogen-bond donors (Lipinski definition) is 3. The molecule has 0 amide bonds. The van der Waals surface area contributed by atoms with Crippen molar-refractivity contribution in [1.29, 1.82) is 0 Å². The Labute approximate surface area is 621 Å². The summed E-state index contributed by atoms with van der Waals surface area (Å²) in [7, 11) is -9.96. The molecule has 0 saturated heterocycles.